The molecule has 1 aromatic carbocycles. The molecule has 0 heterocycles. The Bertz CT molecular complexity index is 519. The molecule has 114 valence electrons. The van der Waals surface area contributed by atoms with Gasteiger partial charge in [0.25, 0.3) is 0 Å². The van der Waals surface area contributed by atoms with Crippen LogP contribution in [0.4, 0.5) is 8.78 Å². The summed E-state index contributed by atoms with van der Waals surface area (Å²) < 4.78 is 27.3. The van der Waals surface area contributed by atoms with Gasteiger partial charge in [-0.15, -0.1) is 11.6 Å². The molecule has 0 radical (unpaired) electrons. The average Bonchev–Trinajstić information content (AvgIpc) is 2.42. The summed E-state index contributed by atoms with van der Waals surface area (Å²) in [5, 5.41) is -0.0674. The molecule has 4 fully saturated rings. The zero-order valence-electron chi connectivity index (χ0n) is 12.1. The summed E-state index contributed by atoms with van der Waals surface area (Å²) in [6, 6.07) is 4.43. The molecule has 1 atom stereocenters. The lowest BCUT2D eigenvalue weighted by Gasteiger charge is -2.58. The van der Waals surface area contributed by atoms with Crippen LogP contribution in [0, 0.1) is 34.8 Å². The zero-order chi connectivity index (χ0) is 14.6. The van der Waals surface area contributed by atoms with Gasteiger partial charge in [-0.3, -0.25) is 0 Å². The number of halogens is 3. The van der Waals surface area contributed by atoms with E-state index in [9.17, 15) is 8.78 Å². The first-order valence-corrected chi connectivity index (χ1v) is 8.56. The molecule has 4 aliphatic carbocycles. The van der Waals surface area contributed by atoms with Gasteiger partial charge in [0, 0.05) is 5.38 Å². The van der Waals surface area contributed by atoms with E-state index < -0.39 is 11.6 Å². The van der Waals surface area contributed by atoms with Crippen LogP contribution in [0.5, 0.6) is 0 Å². The highest BCUT2D eigenvalue weighted by Gasteiger charge is 2.53. The third kappa shape index (κ3) is 2.30. The Labute approximate surface area is 129 Å². The maximum atomic E-state index is 13.9. The Morgan fingerprint density at radius 2 is 1.62 bits per heavy atom. The second-order valence-electron chi connectivity index (χ2n) is 7.66. The van der Waals surface area contributed by atoms with E-state index in [2.05, 4.69) is 0 Å². The topological polar surface area (TPSA) is 0 Å². The molecule has 0 spiro atoms. The molecule has 0 amide bonds. The SMILES string of the molecule is Fc1cccc(CC(Cl)C23CC4CC(CC(C4)C2)C3)c1F. The van der Waals surface area contributed by atoms with Crippen molar-refractivity contribution in [1.29, 1.82) is 0 Å². The Morgan fingerprint density at radius 3 is 2.19 bits per heavy atom. The summed E-state index contributed by atoms with van der Waals surface area (Å²) in [4.78, 5) is 0. The highest BCUT2D eigenvalue weighted by Crippen LogP contribution is 2.62. The first-order chi connectivity index (χ1) is 10.1. The summed E-state index contributed by atoms with van der Waals surface area (Å²) >= 11 is 6.77. The van der Waals surface area contributed by atoms with E-state index in [1.54, 1.807) is 12.1 Å². The van der Waals surface area contributed by atoms with Gasteiger partial charge in [-0.05, 0) is 79.7 Å². The van der Waals surface area contributed by atoms with E-state index in [1.807, 2.05) is 0 Å². The van der Waals surface area contributed by atoms with E-state index in [0.717, 1.165) is 17.8 Å². The van der Waals surface area contributed by atoms with Crippen LogP contribution >= 0.6 is 11.6 Å². The molecule has 3 heteroatoms. The van der Waals surface area contributed by atoms with Crippen LogP contribution in [-0.2, 0) is 6.42 Å². The van der Waals surface area contributed by atoms with Crippen LogP contribution in [0.1, 0.15) is 44.1 Å². The monoisotopic (exact) mass is 310 g/mol. The predicted octanol–water partition coefficient (Wildman–Crippen LogP) is 5.33. The lowest BCUT2D eigenvalue weighted by molar-refractivity contribution is -0.0545. The van der Waals surface area contributed by atoms with E-state index >= 15 is 0 Å². The number of alkyl halides is 1. The van der Waals surface area contributed by atoms with Crippen molar-refractivity contribution in [3.8, 4) is 0 Å². The first-order valence-electron chi connectivity index (χ1n) is 8.13. The van der Waals surface area contributed by atoms with Crippen molar-refractivity contribution in [3.05, 3.63) is 35.4 Å². The van der Waals surface area contributed by atoms with Crippen LogP contribution < -0.4 is 0 Å². The molecular formula is C18H21ClF2. The summed E-state index contributed by atoms with van der Waals surface area (Å²) in [6.45, 7) is 0. The molecule has 0 nitrogen and oxygen atoms in total. The van der Waals surface area contributed by atoms with Crippen molar-refractivity contribution in [1.82, 2.24) is 0 Å². The van der Waals surface area contributed by atoms with E-state index in [1.165, 1.54) is 44.6 Å². The van der Waals surface area contributed by atoms with E-state index in [4.69, 9.17) is 11.6 Å². The predicted molar refractivity (Wildman–Crippen MR) is 80.3 cm³/mol. The first kappa shape index (κ1) is 14.0. The summed E-state index contributed by atoms with van der Waals surface area (Å²) in [5.41, 5.74) is 0.612. The number of rotatable bonds is 3. The minimum Gasteiger partial charge on any atom is -0.204 e. The molecule has 4 saturated carbocycles. The molecule has 21 heavy (non-hydrogen) atoms. The zero-order valence-corrected chi connectivity index (χ0v) is 12.9. The molecular weight excluding hydrogens is 290 g/mol. The largest absolute Gasteiger partial charge is 0.204 e. The lowest BCUT2D eigenvalue weighted by Crippen LogP contribution is -2.50. The maximum Gasteiger partial charge on any atom is 0.162 e. The Hall–Kier alpha value is -0.630. The van der Waals surface area contributed by atoms with Gasteiger partial charge in [-0.25, -0.2) is 8.78 Å². The molecule has 1 aromatic rings. The van der Waals surface area contributed by atoms with Crippen LogP contribution in [-0.4, -0.2) is 5.38 Å². The highest BCUT2D eigenvalue weighted by atomic mass is 35.5. The van der Waals surface area contributed by atoms with Crippen molar-refractivity contribution in [2.45, 2.75) is 50.3 Å². The van der Waals surface area contributed by atoms with Crippen LogP contribution in [0.25, 0.3) is 0 Å². The molecule has 0 aliphatic heterocycles. The fraction of sp³-hybridized carbons (Fsp3) is 0.667. The van der Waals surface area contributed by atoms with E-state index in [-0.39, 0.29) is 10.8 Å². The molecule has 0 saturated heterocycles. The van der Waals surface area contributed by atoms with Crippen molar-refractivity contribution in [3.63, 3.8) is 0 Å². The number of hydrogen-bond acceptors (Lipinski definition) is 0. The van der Waals surface area contributed by atoms with Crippen LogP contribution in [0.15, 0.2) is 18.2 Å². The Morgan fingerprint density at radius 1 is 1.05 bits per heavy atom. The third-order valence-corrected chi connectivity index (χ3v) is 6.80. The fourth-order valence-corrected chi connectivity index (χ4v) is 6.11. The maximum absolute atomic E-state index is 13.9. The van der Waals surface area contributed by atoms with Crippen molar-refractivity contribution < 1.29 is 8.78 Å². The standard InChI is InChI=1S/C18H21ClF2/c19-16(7-14-2-1-3-15(20)17(14)21)18-8-11-4-12(9-18)6-13(5-11)10-18/h1-3,11-13,16H,4-10H2. The Balaban J connectivity index is 1.57. The highest BCUT2D eigenvalue weighted by molar-refractivity contribution is 6.21. The van der Waals surface area contributed by atoms with Gasteiger partial charge in [0.15, 0.2) is 11.6 Å². The molecule has 0 N–H and O–H groups in total. The summed E-state index contributed by atoms with van der Waals surface area (Å²) in [5.74, 6) is 1.01. The molecule has 1 unspecified atom stereocenters. The summed E-state index contributed by atoms with van der Waals surface area (Å²) in [6.07, 6.45) is 8.17. The van der Waals surface area contributed by atoms with Gasteiger partial charge in [0.2, 0.25) is 0 Å². The van der Waals surface area contributed by atoms with Crippen LogP contribution in [0.3, 0.4) is 0 Å². The molecule has 4 aliphatic rings. The third-order valence-electron chi connectivity index (χ3n) is 6.18. The minimum absolute atomic E-state index is 0.0674. The second-order valence-corrected chi connectivity index (χ2v) is 8.19. The van der Waals surface area contributed by atoms with Crippen LogP contribution in [0.2, 0.25) is 0 Å². The normalized spacial score (nSPS) is 38.7. The smallest absolute Gasteiger partial charge is 0.162 e. The van der Waals surface area contributed by atoms with Gasteiger partial charge in [0.1, 0.15) is 0 Å². The molecule has 4 bridgehead atoms. The number of hydrogen-bond donors (Lipinski definition) is 0. The van der Waals surface area contributed by atoms with Gasteiger partial charge in [-0.1, -0.05) is 12.1 Å². The van der Waals surface area contributed by atoms with E-state index in [0.29, 0.717) is 12.0 Å². The van der Waals surface area contributed by atoms with Gasteiger partial charge < -0.3 is 0 Å². The molecule has 0 aromatic heterocycles. The summed E-state index contributed by atoms with van der Waals surface area (Å²) in [7, 11) is 0. The second kappa shape index (κ2) is 4.94. The number of benzene rings is 1. The molecule has 5 rings (SSSR count). The van der Waals surface area contributed by atoms with Crippen molar-refractivity contribution >= 4 is 11.6 Å². The van der Waals surface area contributed by atoms with Gasteiger partial charge in [0.05, 0.1) is 0 Å². The quantitative estimate of drug-likeness (QED) is 0.662. The Kier molecular flexibility index (Phi) is 3.29. The fourth-order valence-electron chi connectivity index (χ4n) is 5.68. The van der Waals surface area contributed by atoms with Crippen molar-refractivity contribution in [2.24, 2.45) is 23.2 Å². The lowest BCUT2D eigenvalue weighted by atomic mass is 9.48. The average molecular weight is 311 g/mol. The minimum atomic E-state index is -0.762. The van der Waals surface area contributed by atoms with Gasteiger partial charge in [-0.2, -0.15) is 0 Å². The van der Waals surface area contributed by atoms with Crippen molar-refractivity contribution in [2.75, 3.05) is 0 Å². The van der Waals surface area contributed by atoms with Gasteiger partial charge >= 0.3 is 0 Å².